The lowest BCUT2D eigenvalue weighted by Gasteiger charge is -2.37. The van der Waals surface area contributed by atoms with Crippen LogP contribution in [0.1, 0.15) is 6.42 Å². The molecular formula is C20H20ClN3O3S. The molecule has 6 nitrogen and oxygen atoms in total. The van der Waals surface area contributed by atoms with Crippen LogP contribution in [-0.2, 0) is 9.59 Å². The number of nitrogens with one attached hydrogen (secondary N) is 1. The summed E-state index contributed by atoms with van der Waals surface area (Å²) in [5.74, 6) is 0.0549. The molecule has 2 aromatic rings. The van der Waals surface area contributed by atoms with Crippen LogP contribution in [0.5, 0.6) is 5.75 Å². The largest absolute Gasteiger partial charge is 0.506 e. The minimum atomic E-state index is -0.447. The zero-order chi connectivity index (χ0) is 19.7. The molecule has 4 rings (SSSR count). The molecule has 0 radical (unpaired) electrons. The molecule has 0 saturated carbocycles. The number of benzene rings is 2. The van der Waals surface area contributed by atoms with Gasteiger partial charge in [0.05, 0.1) is 16.6 Å². The third kappa shape index (κ3) is 3.91. The van der Waals surface area contributed by atoms with Gasteiger partial charge < -0.3 is 20.2 Å². The highest BCUT2D eigenvalue weighted by atomic mass is 35.5. The molecule has 0 bridgehead atoms. The summed E-state index contributed by atoms with van der Waals surface area (Å²) in [5.41, 5.74) is 1.48. The number of hydrogen-bond acceptors (Lipinski definition) is 5. The number of carbonyl (C=O) groups is 2. The summed E-state index contributed by atoms with van der Waals surface area (Å²) in [6.07, 6.45) is 0.162. The van der Waals surface area contributed by atoms with Crippen LogP contribution in [0.4, 0.5) is 11.4 Å². The molecular weight excluding hydrogens is 398 g/mol. The predicted molar refractivity (Wildman–Crippen MR) is 111 cm³/mol. The summed E-state index contributed by atoms with van der Waals surface area (Å²) >= 11 is 7.38. The van der Waals surface area contributed by atoms with Gasteiger partial charge in [-0.15, -0.1) is 11.8 Å². The molecule has 2 aliphatic heterocycles. The summed E-state index contributed by atoms with van der Waals surface area (Å²) < 4.78 is 0. The fourth-order valence-corrected chi connectivity index (χ4v) is 4.73. The van der Waals surface area contributed by atoms with Crippen molar-refractivity contribution < 1.29 is 14.7 Å². The number of para-hydroxylation sites is 2. The Hall–Kier alpha value is -2.38. The first-order valence-corrected chi connectivity index (χ1v) is 10.3. The van der Waals surface area contributed by atoms with E-state index in [1.54, 1.807) is 29.2 Å². The minimum absolute atomic E-state index is 0.0259. The molecule has 2 amide bonds. The topological polar surface area (TPSA) is 72.9 Å². The lowest BCUT2D eigenvalue weighted by Crippen LogP contribution is -2.49. The van der Waals surface area contributed by atoms with Crippen molar-refractivity contribution in [2.24, 2.45) is 0 Å². The third-order valence-corrected chi connectivity index (χ3v) is 6.49. The molecule has 2 heterocycles. The standard InChI is InChI=1S/C20H20ClN3O3S/c21-13-5-6-17-14(11-13)22-20(27)18(28-17)12-19(26)24-9-7-23(8-10-24)15-3-1-2-4-16(15)25/h1-6,11,18,25H,7-10,12H2,(H,22,27). The second-order valence-corrected chi connectivity index (χ2v) is 8.48. The minimum Gasteiger partial charge on any atom is -0.506 e. The van der Waals surface area contributed by atoms with E-state index in [1.807, 2.05) is 18.2 Å². The Kier molecular flexibility index (Phi) is 5.37. The molecule has 2 aliphatic rings. The Morgan fingerprint density at radius 1 is 1.18 bits per heavy atom. The number of carbonyl (C=O) groups excluding carboxylic acids is 2. The maximum Gasteiger partial charge on any atom is 0.238 e. The van der Waals surface area contributed by atoms with Gasteiger partial charge in [-0.1, -0.05) is 23.7 Å². The highest BCUT2D eigenvalue weighted by Crippen LogP contribution is 2.38. The van der Waals surface area contributed by atoms with Gasteiger partial charge in [0.2, 0.25) is 11.8 Å². The molecule has 0 spiro atoms. The summed E-state index contributed by atoms with van der Waals surface area (Å²) in [5, 5.41) is 13.0. The first-order chi connectivity index (χ1) is 13.5. The van der Waals surface area contributed by atoms with Crippen molar-refractivity contribution in [1.82, 2.24) is 4.90 Å². The Balaban J connectivity index is 1.35. The maximum atomic E-state index is 12.7. The number of phenols is 1. The quantitative estimate of drug-likeness (QED) is 0.802. The molecule has 28 heavy (non-hydrogen) atoms. The van der Waals surface area contributed by atoms with E-state index in [4.69, 9.17) is 11.6 Å². The second-order valence-electron chi connectivity index (χ2n) is 6.80. The first-order valence-electron chi connectivity index (χ1n) is 9.09. The molecule has 1 unspecified atom stereocenters. The normalized spacial score (nSPS) is 19.2. The van der Waals surface area contributed by atoms with Crippen molar-refractivity contribution in [3.63, 3.8) is 0 Å². The second kappa shape index (κ2) is 7.93. The van der Waals surface area contributed by atoms with E-state index >= 15 is 0 Å². The van der Waals surface area contributed by atoms with Gasteiger partial charge in [-0.05, 0) is 30.3 Å². The fraction of sp³-hybridized carbons (Fsp3) is 0.300. The van der Waals surface area contributed by atoms with Crippen LogP contribution in [0.15, 0.2) is 47.4 Å². The predicted octanol–water partition coefficient (Wildman–Crippen LogP) is 3.20. The van der Waals surface area contributed by atoms with Crippen LogP contribution >= 0.6 is 23.4 Å². The highest BCUT2D eigenvalue weighted by molar-refractivity contribution is 8.01. The van der Waals surface area contributed by atoms with Crippen molar-refractivity contribution >= 4 is 46.6 Å². The number of fused-ring (bicyclic) bond motifs is 1. The average Bonchev–Trinajstić information content (AvgIpc) is 2.69. The molecule has 2 aromatic carbocycles. The fourth-order valence-electron chi connectivity index (χ4n) is 3.47. The summed E-state index contributed by atoms with van der Waals surface area (Å²) in [6.45, 7) is 2.43. The summed E-state index contributed by atoms with van der Waals surface area (Å²) in [4.78, 5) is 29.9. The number of phenolic OH excluding ortho intramolecular Hbond substituents is 1. The Labute approximate surface area is 172 Å². The zero-order valence-electron chi connectivity index (χ0n) is 15.1. The summed E-state index contributed by atoms with van der Waals surface area (Å²) in [7, 11) is 0. The molecule has 1 saturated heterocycles. The number of aromatic hydroxyl groups is 1. The highest BCUT2D eigenvalue weighted by Gasteiger charge is 2.31. The van der Waals surface area contributed by atoms with E-state index in [-0.39, 0.29) is 24.0 Å². The van der Waals surface area contributed by atoms with Crippen molar-refractivity contribution in [2.45, 2.75) is 16.6 Å². The zero-order valence-corrected chi connectivity index (χ0v) is 16.7. The van der Waals surface area contributed by atoms with Crippen molar-refractivity contribution in [2.75, 3.05) is 36.4 Å². The van der Waals surface area contributed by atoms with Crippen molar-refractivity contribution in [3.8, 4) is 5.75 Å². The number of amides is 2. The number of hydrogen-bond donors (Lipinski definition) is 2. The van der Waals surface area contributed by atoms with Crippen LogP contribution in [-0.4, -0.2) is 53.2 Å². The van der Waals surface area contributed by atoms with Crippen LogP contribution in [0, 0.1) is 0 Å². The first kappa shape index (κ1) is 19.0. The van der Waals surface area contributed by atoms with Crippen LogP contribution in [0.25, 0.3) is 0 Å². The van der Waals surface area contributed by atoms with Crippen LogP contribution in [0.2, 0.25) is 5.02 Å². The Bertz CT molecular complexity index is 915. The average molecular weight is 418 g/mol. The van der Waals surface area contributed by atoms with Gasteiger partial charge in [-0.2, -0.15) is 0 Å². The number of halogens is 1. The van der Waals surface area contributed by atoms with Gasteiger partial charge in [-0.25, -0.2) is 0 Å². The number of rotatable bonds is 3. The number of nitrogens with zero attached hydrogens (tertiary/aromatic N) is 2. The van der Waals surface area contributed by atoms with Crippen molar-refractivity contribution in [3.05, 3.63) is 47.5 Å². The monoisotopic (exact) mass is 417 g/mol. The number of piperazine rings is 1. The van der Waals surface area contributed by atoms with E-state index in [0.29, 0.717) is 36.9 Å². The molecule has 1 atom stereocenters. The molecule has 0 aliphatic carbocycles. The number of thioether (sulfide) groups is 1. The van der Waals surface area contributed by atoms with Gasteiger partial charge in [-0.3, -0.25) is 9.59 Å². The SMILES string of the molecule is O=C1Nc2cc(Cl)ccc2SC1CC(=O)N1CCN(c2ccccc2O)CC1. The van der Waals surface area contributed by atoms with E-state index in [2.05, 4.69) is 10.2 Å². The van der Waals surface area contributed by atoms with Gasteiger partial charge in [0.25, 0.3) is 0 Å². The number of anilines is 2. The van der Waals surface area contributed by atoms with Gasteiger partial charge in [0.1, 0.15) is 5.75 Å². The smallest absolute Gasteiger partial charge is 0.238 e. The molecule has 1 fully saturated rings. The Morgan fingerprint density at radius 3 is 2.68 bits per heavy atom. The van der Waals surface area contributed by atoms with E-state index in [0.717, 1.165) is 10.6 Å². The maximum absolute atomic E-state index is 12.7. The van der Waals surface area contributed by atoms with E-state index in [1.165, 1.54) is 11.8 Å². The summed E-state index contributed by atoms with van der Waals surface area (Å²) in [6, 6.07) is 12.6. The van der Waals surface area contributed by atoms with Gasteiger partial charge in [0, 0.05) is 42.5 Å². The van der Waals surface area contributed by atoms with E-state index < -0.39 is 5.25 Å². The van der Waals surface area contributed by atoms with Gasteiger partial charge in [0.15, 0.2) is 0 Å². The van der Waals surface area contributed by atoms with Crippen LogP contribution < -0.4 is 10.2 Å². The van der Waals surface area contributed by atoms with E-state index in [9.17, 15) is 14.7 Å². The Morgan fingerprint density at radius 2 is 1.93 bits per heavy atom. The molecule has 8 heteroatoms. The van der Waals surface area contributed by atoms with Crippen molar-refractivity contribution in [1.29, 1.82) is 0 Å². The molecule has 2 N–H and O–H groups in total. The third-order valence-electron chi connectivity index (χ3n) is 4.98. The van der Waals surface area contributed by atoms with Crippen LogP contribution in [0.3, 0.4) is 0 Å². The van der Waals surface area contributed by atoms with Gasteiger partial charge >= 0.3 is 0 Å². The molecule has 146 valence electrons. The molecule has 0 aromatic heterocycles. The lowest BCUT2D eigenvalue weighted by molar-refractivity contribution is -0.132. The lowest BCUT2D eigenvalue weighted by atomic mass is 10.2.